The zero-order chi connectivity index (χ0) is 20.9. The standard InChI is InChI=1S/C25H34O4/c1-14(2)22-13-23-21-8-6-17-12-18(28-15(3)26)7-9-19(17)20(21)10-11-25(23,5)24(22)29-16(4)27/h7,9,12,14,20-24H,6,8,10-11,13H2,1-5H3/t20-,21-,22-,23+,24+,25+/m1/s1. The second kappa shape index (κ2) is 7.45. The molecule has 0 spiro atoms. The van der Waals surface area contributed by atoms with Gasteiger partial charge in [-0.3, -0.25) is 9.59 Å². The van der Waals surface area contributed by atoms with Crippen molar-refractivity contribution < 1.29 is 19.1 Å². The third-order valence-electron chi connectivity index (χ3n) is 8.11. The summed E-state index contributed by atoms with van der Waals surface area (Å²) in [4.78, 5) is 23.2. The molecule has 2 fully saturated rings. The molecule has 0 heterocycles. The number of hydrogen-bond donors (Lipinski definition) is 0. The van der Waals surface area contributed by atoms with Crippen LogP contribution in [0.3, 0.4) is 0 Å². The summed E-state index contributed by atoms with van der Waals surface area (Å²) >= 11 is 0. The Morgan fingerprint density at radius 1 is 1.14 bits per heavy atom. The van der Waals surface area contributed by atoms with Gasteiger partial charge in [0.05, 0.1) is 0 Å². The molecule has 3 aliphatic rings. The normalized spacial score (nSPS) is 35.4. The highest BCUT2D eigenvalue weighted by Gasteiger charge is 2.60. The maximum Gasteiger partial charge on any atom is 0.308 e. The van der Waals surface area contributed by atoms with Gasteiger partial charge in [0.2, 0.25) is 0 Å². The van der Waals surface area contributed by atoms with Crippen molar-refractivity contribution in [3.63, 3.8) is 0 Å². The van der Waals surface area contributed by atoms with Crippen molar-refractivity contribution in [3.8, 4) is 5.75 Å². The van der Waals surface area contributed by atoms with Crippen molar-refractivity contribution in [2.24, 2.45) is 29.1 Å². The highest BCUT2D eigenvalue weighted by Crippen LogP contribution is 2.64. The number of hydrogen-bond acceptors (Lipinski definition) is 4. The summed E-state index contributed by atoms with van der Waals surface area (Å²) in [5.41, 5.74) is 2.86. The molecule has 0 aliphatic heterocycles. The van der Waals surface area contributed by atoms with Gasteiger partial charge in [-0.25, -0.2) is 0 Å². The van der Waals surface area contributed by atoms with Crippen LogP contribution in [0.2, 0.25) is 0 Å². The third kappa shape index (κ3) is 3.49. The monoisotopic (exact) mass is 398 g/mol. The Kier molecular flexibility index (Phi) is 5.25. The van der Waals surface area contributed by atoms with Gasteiger partial charge in [0, 0.05) is 19.3 Å². The number of carbonyl (C=O) groups is 2. The number of carbonyl (C=O) groups excluding carboxylic acids is 2. The summed E-state index contributed by atoms with van der Waals surface area (Å²) in [6.45, 7) is 9.92. The van der Waals surface area contributed by atoms with Crippen molar-refractivity contribution >= 4 is 11.9 Å². The Morgan fingerprint density at radius 3 is 2.55 bits per heavy atom. The minimum atomic E-state index is -0.269. The van der Waals surface area contributed by atoms with Gasteiger partial charge in [-0.05, 0) is 85.0 Å². The molecule has 1 aromatic carbocycles. The molecule has 0 aromatic heterocycles. The summed E-state index contributed by atoms with van der Waals surface area (Å²) in [6, 6.07) is 6.20. The van der Waals surface area contributed by atoms with Crippen LogP contribution in [0.25, 0.3) is 0 Å². The second-order valence-electron chi connectivity index (χ2n) is 10.1. The topological polar surface area (TPSA) is 52.6 Å². The Hall–Kier alpha value is -1.84. The van der Waals surface area contributed by atoms with E-state index < -0.39 is 0 Å². The SMILES string of the molecule is CC(=O)Oc1ccc2c(c1)CC[C@@H]1[C@@H]2CC[C@@]2(C)[C@H]1C[C@H](C(C)C)[C@@H]2OC(C)=O. The van der Waals surface area contributed by atoms with Crippen LogP contribution in [0.15, 0.2) is 18.2 Å². The van der Waals surface area contributed by atoms with E-state index in [1.807, 2.05) is 6.07 Å². The molecule has 1 aromatic rings. The Morgan fingerprint density at radius 2 is 1.90 bits per heavy atom. The van der Waals surface area contributed by atoms with E-state index in [-0.39, 0.29) is 23.5 Å². The van der Waals surface area contributed by atoms with Gasteiger partial charge < -0.3 is 9.47 Å². The molecular weight excluding hydrogens is 364 g/mol. The van der Waals surface area contributed by atoms with Crippen molar-refractivity contribution in [1.82, 2.24) is 0 Å². The number of ether oxygens (including phenoxy) is 2. The fourth-order valence-corrected chi connectivity index (χ4v) is 6.86. The van der Waals surface area contributed by atoms with Crippen LogP contribution in [-0.4, -0.2) is 18.0 Å². The molecule has 0 unspecified atom stereocenters. The quantitative estimate of drug-likeness (QED) is 0.513. The molecule has 6 atom stereocenters. The fourth-order valence-electron chi connectivity index (χ4n) is 6.86. The van der Waals surface area contributed by atoms with E-state index in [0.29, 0.717) is 35.3 Å². The lowest BCUT2D eigenvalue weighted by molar-refractivity contribution is -0.158. The molecular formula is C25H34O4. The predicted molar refractivity (Wildman–Crippen MR) is 112 cm³/mol. The molecule has 0 radical (unpaired) electrons. The number of fused-ring (bicyclic) bond motifs is 5. The van der Waals surface area contributed by atoms with E-state index >= 15 is 0 Å². The first-order valence-corrected chi connectivity index (χ1v) is 11.2. The smallest absolute Gasteiger partial charge is 0.308 e. The maximum atomic E-state index is 11.9. The van der Waals surface area contributed by atoms with Gasteiger partial charge in [-0.1, -0.05) is 26.8 Å². The molecule has 3 aliphatic carbocycles. The van der Waals surface area contributed by atoms with Crippen molar-refractivity contribution in [2.45, 2.75) is 78.7 Å². The van der Waals surface area contributed by atoms with Crippen LogP contribution >= 0.6 is 0 Å². The van der Waals surface area contributed by atoms with Gasteiger partial charge in [0.25, 0.3) is 0 Å². The largest absolute Gasteiger partial charge is 0.462 e. The van der Waals surface area contributed by atoms with Crippen molar-refractivity contribution in [1.29, 1.82) is 0 Å². The summed E-state index contributed by atoms with van der Waals surface area (Å²) in [6.07, 6.45) is 5.64. The van der Waals surface area contributed by atoms with Crippen LogP contribution in [-0.2, 0) is 20.7 Å². The summed E-state index contributed by atoms with van der Waals surface area (Å²) < 4.78 is 11.3. The van der Waals surface area contributed by atoms with Gasteiger partial charge in [0.1, 0.15) is 11.9 Å². The van der Waals surface area contributed by atoms with Crippen LogP contribution < -0.4 is 4.74 Å². The molecule has 4 nitrogen and oxygen atoms in total. The Labute approximate surface area is 174 Å². The number of esters is 2. The molecule has 0 N–H and O–H groups in total. The van der Waals surface area contributed by atoms with E-state index in [0.717, 1.165) is 25.7 Å². The van der Waals surface area contributed by atoms with Gasteiger partial charge in [-0.2, -0.15) is 0 Å². The number of aryl methyl sites for hydroxylation is 1. The maximum absolute atomic E-state index is 11.9. The average molecular weight is 399 g/mol. The second-order valence-corrected chi connectivity index (χ2v) is 10.1. The first kappa shape index (κ1) is 20.4. The summed E-state index contributed by atoms with van der Waals surface area (Å²) in [5, 5.41) is 0. The molecule has 4 rings (SSSR count). The van der Waals surface area contributed by atoms with Crippen LogP contribution in [0.1, 0.15) is 77.3 Å². The average Bonchev–Trinajstić information content (AvgIpc) is 2.93. The van der Waals surface area contributed by atoms with Gasteiger partial charge in [-0.15, -0.1) is 0 Å². The van der Waals surface area contributed by atoms with E-state index in [2.05, 4.69) is 32.9 Å². The zero-order valence-corrected chi connectivity index (χ0v) is 18.4. The summed E-state index contributed by atoms with van der Waals surface area (Å²) in [7, 11) is 0. The minimum Gasteiger partial charge on any atom is -0.462 e. The predicted octanol–water partition coefficient (Wildman–Crippen LogP) is 5.28. The van der Waals surface area contributed by atoms with Crippen LogP contribution in [0.5, 0.6) is 5.75 Å². The fraction of sp³-hybridized carbons (Fsp3) is 0.680. The zero-order valence-electron chi connectivity index (χ0n) is 18.4. The van der Waals surface area contributed by atoms with Gasteiger partial charge >= 0.3 is 11.9 Å². The van der Waals surface area contributed by atoms with Crippen LogP contribution in [0, 0.1) is 29.1 Å². The van der Waals surface area contributed by atoms with E-state index in [1.54, 1.807) is 6.92 Å². The lowest BCUT2D eigenvalue weighted by Crippen LogP contribution is -2.46. The number of rotatable bonds is 3. The number of benzene rings is 1. The first-order valence-electron chi connectivity index (χ1n) is 11.2. The minimum absolute atomic E-state index is 0.0405. The molecule has 0 saturated heterocycles. The highest BCUT2D eigenvalue weighted by atomic mass is 16.5. The summed E-state index contributed by atoms with van der Waals surface area (Å²) in [5.74, 6) is 3.01. The van der Waals surface area contributed by atoms with E-state index in [9.17, 15) is 9.59 Å². The molecule has 158 valence electrons. The lowest BCUT2D eigenvalue weighted by atomic mass is 9.55. The first-order chi connectivity index (χ1) is 13.7. The van der Waals surface area contributed by atoms with E-state index in [1.165, 1.54) is 24.5 Å². The molecule has 0 bridgehead atoms. The molecule has 29 heavy (non-hydrogen) atoms. The molecule has 0 amide bonds. The highest BCUT2D eigenvalue weighted by molar-refractivity contribution is 5.69. The lowest BCUT2D eigenvalue weighted by Gasteiger charge is -2.50. The van der Waals surface area contributed by atoms with Gasteiger partial charge in [0.15, 0.2) is 0 Å². The van der Waals surface area contributed by atoms with E-state index in [4.69, 9.17) is 9.47 Å². The Bertz CT molecular complexity index is 813. The van der Waals surface area contributed by atoms with Crippen LogP contribution in [0.4, 0.5) is 0 Å². The molecule has 4 heteroatoms. The molecule has 2 saturated carbocycles. The van der Waals surface area contributed by atoms with Crippen molar-refractivity contribution in [3.05, 3.63) is 29.3 Å². The van der Waals surface area contributed by atoms with Crippen molar-refractivity contribution in [2.75, 3.05) is 0 Å². The Balaban J connectivity index is 1.63. The third-order valence-corrected chi connectivity index (χ3v) is 8.11.